The normalized spacial score (nSPS) is 10.2. The average Bonchev–Trinajstić information content (AvgIpc) is 2.18. The summed E-state index contributed by atoms with van der Waals surface area (Å²) < 4.78 is 0.842. The number of hydrogen-bond acceptors (Lipinski definition) is 2. The second-order valence-corrected chi connectivity index (χ2v) is 3.84. The Labute approximate surface area is 94.1 Å². The van der Waals surface area contributed by atoms with Crippen molar-refractivity contribution in [1.82, 2.24) is 4.98 Å². The van der Waals surface area contributed by atoms with Crippen molar-refractivity contribution in [1.29, 1.82) is 0 Å². The van der Waals surface area contributed by atoms with E-state index in [0.29, 0.717) is 5.69 Å². The number of hydrogen-bond donors (Lipinski definition) is 2. The Bertz CT molecular complexity index is 528. The number of pyridine rings is 1. The van der Waals surface area contributed by atoms with Crippen LogP contribution in [0.3, 0.4) is 0 Å². The highest BCUT2D eigenvalue weighted by molar-refractivity contribution is 9.10. The van der Waals surface area contributed by atoms with Gasteiger partial charge in [0.05, 0.1) is 0 Å². The number of carboxylic acid groups (broad SMARTS) is 1. The van der Waals surface area contributed by atoms with E-state index in [1.54, 1.807) is 24.5 Å². The second-order valence-electron chi connectivity index (χ2n) is 2.99. The molecule has 1 amide bonds. The van der Waals surface area contributed by atoms with Crippen LogP contribution in [-0.4, -0.2) is 16.2 Å². The Hall–Kier alpha value is -1.62. The molecule has 4 nitrogen and oxygen atoms in total. The predicted octanol–water partition coefficient (Wildman–Crippen LogP) is 3.09. The lowest BCUT2D eigenvalue weighted by molar-refractivity contribution is 0.210. The Balaban J connectivity index is 2.54. The monoisotopic (exact) mass is 266 g/mol. The minimum Gasteiger partial charge on any atom is -0.465 e. The van der Waals surface area contributed by atoms with E-state index >= 15 is 0 Å². The van der Waals surface area contributed by atoms with Crippen molar-refractivity contribution < 1.29 is 9.90 Å². The number of carbonyl (C=O) groups is 1. The molecule has 0 aliphatic heterocycles. The van der Waals surface area contributed by atoms with Crippen LogP contribution in [0, 0.1) is 0 Å². The fraction of sp³-hybridized carbons (Fsp3) is 0. The van der Waals surface area contributed by atoms with E-state index in [9.17, 15) is 4.79 Å². The SMILES string of the molecule is O=C(O)Nc1ccc2cncc(Br)c2c1. The third kappa shape index (κ3) is 2.07. The molecule has 2 aromatic rings. The fourth-order valence-corrected chi connectivity index (χ4v) is 1.79. The summed E-state index contributed by atoms with van der Waals surface area (Å²) in [7, 11) is 0. The van der Waals surface area contributed by atoms with E-state index < -0.39 is 6.09 Å². The lowest BCUT2D eigenvalue weighted by Gasteiger charge is -2.04. The number of nitrogens with one attached hydrogen (secondary N) is 1. The molecule has 0 aliphatic rings. The van der Waals surface area contributed by atoms with Gasteiger partial charge in [-0.15, -0.1) is 0 Å². The van der Waals surface area contributed by atoms with Crippen molar-refractivity contribution in [2.24, 2.45) is 0 Å². The van der Waals surface area contributed by atoms with Crippen molar-refractivity contribution in [3.63, 3.8) is 0 Å². The molecule has 76 valence electrons. The first kappa shape index (κ1) is 9.92. The first-order chi connectivity index (χ1) is 7.16. The third-order valence-corrected chi connectivity index (χ3v) is 2.60. The van der Waals surface area contributed by atoms with Gasteiger partial charge >= 0.3 is 6.09 Å². The summed E-state index contributed by atoms with van der Waals surface area (Å²) in [6, 6.07) is 5.28. The summed E-state index contributed by atoms with van der Waals surface area (Å²) in [4.78, 5) is 14.5. The molecule has 0 bridgehead atoms. The van der Waals surface area contributed by atoms with Crippen LogP contribution < -0.4 is 5.32 Å². The van der Waals surface area contributed by atoms with Crippen LogP contribution in [0.2, 0.25) is 0 Å². The molecule has 0 aliphatic carbocycles. The Kier molecular flexibility index (Phi) is 2.55. The average molecular weight is 267 g/mol. The maximum absolute atomic E-state index is 10.5. The molecule has 0 unspecified atom stereocenters. The van der Waals surface area contributed by atoms with Crippen molar-refractivity contribution >= 4 is 38.5 Å². The summed E-state index contributed by atoms with van der Waals surface area (Å²) in [5.74, 6) is 0. The van der Waals surface area contributed by atoms with Crippen LogP contribution in [0.1, 0.15) is 0 Å². The zero-order valence-corrected chi connectivity index (χ0v) is 9.15. The number of halogens is 1. The van der Waals surface area contributed by atoms with E-state index in [1.807, 2.05) is 6.07 Å². The van der Waals surface area contributed by atoms with Gasteiger partial charge in [-0.2, -0.15) is 0 Å². The summed E-state index contributed by atoms with van der Waals surface area (Å²) >= 11 is 3.36. The van der Waals surface area contributed by atoms with Gasteiger partial charge in [0.2, 0.25) is 0 Å². The van der Waals surface area contributed by atoms with Gasteiger partial charge in [0.15, 0.2) is 0 Å². The van der Waals surface area contributed by atoms with Gasteiger partial charge in [0.1, 0.15) is 0 Å². The minimum absolute atomic E-state index is 0.543. The Morgan fingerprint density at radius 2 is 2.20 bits per heavy atom. The highest BCUT2D eigenvalue weighted by Gasteiger charge is 2.02. The van der Waals surface area contributed by atoms with E-state index in [2.05, 4.69) is 26.2 Å². The second kappa shape index (κ2) is 3.86. The first-order valence-corrected chi connectivity index (χ1v) is 4.99. The summed E-state index contributed by atoms with van der Waals surface area (Å²) in [6.07, 6.45) is 2.33. The van der Waals surface area contributed by atoms with Crippen LogP contribution in [0.4, 0.5) is 10.5 Å². The highest BCUT2D eigenvalue weighted by atomic mass is 79.9. The van der Waals surface area contributed by atoms with Gasteiger partial charge in [-0.3, -0.25) is 10.3 Å². The van der Waals surface area contributed by atoms with Gasteiger partial charge in [-0.05, 0) is 28.1 Å². The number of nitrogens with zero attached hydrogens (tertiary/aromatic N) is 1. The van der Waals surface area contributed by atoms with Crippen LogP contribution >= 0.6 is 15.9 Å². The smallest absolute Gasteiger partial charge is 0.409 e. The first-order valence-electron chi connectivity index (χ1n) is 4.20. The quantitative estimate of drug-likeness (QED) is 0.834. The van der Waals surface area contributed by atoms with Crippen LogP contribution in [0.15, 0.2) is 35.1 Å². The van der Waals surface area contributed by atoms with Crippen molar-refractivity contribution in [3.8, 4) is 0 Å². The Morgan fingerprint density at radius 1 is 1.40 bits per heavy atom. The maximum atomic E-state index is 10.5. The molecule has 2 N–H and O–H groups in total. The molecule has 0 atom stereocenters. The highest BCUT2D eigenvalue weighted by Crippen LogP contribution is 2.25. The zero-order valence-electron chi connectivity index (χ0n) is 7.57. The zero-order chi connectivity index (χ0) is 10.8. The molecule has 0 saturated heterocycles. The van der Waals surface area contributed by atoms with Gasteiger partial charge in [0.25, 0.3) is 0 Å². The molecular formula is C10H7BrN2O2. The Morgan fingerprint density at radius 3 is 2.93 bits per heavy atom. The molecule has 1 aromatic heterocycles. The van der Waals surface area contributed by atoms with Gasteiger partial charge < -0.3 is 5.11 Å². The van der Waals surface area contributed by atoms with Crippen molar-refractivity contribution in [2.75, 3.05) is 5.32 Å². The minimum atomic E-state index is -1.07. The predicted molar refractivity (Wildman–Crippen MR) is 61.1 cm³/mol. The van der Waals surface area contributed by atoms with E-state index in [1.165, 1.54) is 0 Å². The number of amides is 1. The molecule has 15 heavy (non-hydrogen) atoms. The molecule has 5 heteroatoms. The standard InChI is InChI=1S/C10H7BrN2O2/c11-9-5-12-4-6-1-2-7(3-8(6)9)13-10(14)15/h1-5,13H,(H,14,15). The topological polar surface area (TPSA) is 62.2 Å². The van der Waals surface area contributed by atoms with Gasteiger partial charge in [-0.1, -0.05) is 6.07 Å². The molecule has 1 aromatic carbocycles. The van der Waals surface area contributed by atoms with Crippen molar-refractivity contribution in [2.45, 2.75) is 0 Å². The van der Waals surface area contributed by atoms with E-state index in [4.69, 9.17) is 5.11 Å². The van der Waals surface area contributed by atoms with E-state index in [-0.39, 0.29) is 0 Å². The molecule has 0 fully saturated rings. The summed E-state index contributed by atoms with van der Waals surface area (Å²) in [5.41, 5.74) is 0.543. The third-order valence-electron chi connectivity index (χ3n) is 1.96. The molecule has 0 saturated carbocycles. The molecule has 2 rings (SSSR count). The van der Waals surface area contributed by atoms with Gasteiger partial charge in [0, 0.05) is 33.3 Å². The van der Waals surface area contributed by atoms with Crippen LogP contribution in [-0.2, 0) is 0 Å². The largest absolute Gasteiger partial charge is 0.465 e. The van der Waals surface area contributed by atoms with Gasteiger partial charge in [-0.25, -0.2) is 4.79 Å². The number of benzene rings is 1. The number of aromatic nitrogens is 1. The summed E-state index contributed by atoms with van der Waals surface area (Å²) in [5, 5.41) is 12.8. The van der Waals surface area contributed by atoms with E-state index in [0.717, 1.165) is 15.2 Å². The molecular weight excluding hydrogens is 260 g/mol. The molecule has 1 heterocycles. The number of rotatable bonds is 1. The number of fused-ring (bicyclic) bond motifs is 1. The lowest BCUT2D eigenvalue weighted by atomic mass is 10.1. The summed E-state index contributed by atoms with van der Waals surface area (Å²) in [6.45, 7) is 0. The lowest BCUT2D eigenvalue weighted by Crippen LogP contribution is -2.06. The van der Waals surface area contributed by atoms with Crippen LogP contribution in [0.25, 0.3) is 10.8 Å². The molecule has 0 radical (unpaired) electrons. The molecule has 0 spiro atoms. The maximum Gasteiger partial charge on any atom is 0.409 e. The number of anilines is 1. The fourth-order valence-electron chi connectivity index (χ4n) is 1.33. The van der Waals surface area contributed by atoms with Crippen LogP contribution in [0.5, 0.6) is 0 Å². The van der Waals surface area contributed by atoms with Crippen molar-refractivity contribution in [3.05, 3.63) is 35.1 Å².